The maximum atomic E-state index is 14.6. The van der Waals surface area contributed by atoms with Crippen LogP contribution < -0.4 is 11.1 Å². The van der Waals surface area contributed by atoms with E-state index in [4.69, 9.17) is 5.73 Å². The summed E-state index contributed by atoms with van der Waals surface area (Å²) in [7, 11) is -1.83. The van der Waals surface area contributed by atoms with Gasteiger partial charge in [-0.25, -0.2) is 44.6 Å². The molecule has 0 radical (unpaired) electrons. The molecule has 0 saturated carbocycles. The van der Waals surface area contributed by atoms with Crippen molar-refractivity contribution in [3.05, 3.63) is 24.1 Å². The number of nitrogens with two attached hydrogens (primary N) is 1. The Labute approximate surface area is 219 Å². The second-order valence-electron chi connectivity index (χ2n) is 8.80. The van der Waals surface area contributed by atoms with Gasteiger partial charge >= 0.3 is 0 Å². The summed E-state index contributed by atoms with van der Waals surface area (Å²) >= 11 is 0. The maximum Gasteiger partial charge on any atom is 0.261 e. The minimum absolute atomic E-state index is 0.0552. The molecule has 212 valence electrons. The summed E-state index contributed by atoms with van der Waals surface area (Å²) < 4.78 is 90.1. The molecule has 18 heteroatoms. The van der Waals surface area contributed by atoms with E-state index < -0.39 is 34.7 Å². The van der Waals surface area contributed by atoms with E-state index in [0.29, 0.717) is 5.52 Å². The third-order valence-electron chi connectivity index (χ3n) is 5.84. The lowest BCUT2D eigenvalue weighted by Crippen LogP contribution is -2.45. The maximum absolute atomic E-state index is 14.6. The molecule has 0 aliphatic carbocycles. The number of aryl methyl sites for hydroxylation is 1. The number of nitrogens with one attached hydrogen (secondary N) is 1. The zero-order valence-corrected chi connectivity index (χ0v) is 21.6. The molecule has 0 bridgehead atoms. The lowest BCUT2D eigenvalue weighted by atomic mass is 10.1. The van der Waals surface area contributed by atoms with E-state index in [1.165, 1.54) is 15.4 Å². The van der Waals surface area contributed by atoms with Gasteiger partial charge < -0.3 is 11.1 Å². The molecule has 12 nitrogen and oxygen atoms in total. The smallest absolute Gasteiger partial charge is 0.261 e. The minimum atomic E-state index is -3.44. The highest BCUT2D eigenvalue weighted by Gasteiger charge is 2.38. The normalized spacial score (nSPS) is 16.0. The van der Waals surface area contributed by atoms with Crippen molar-refractivity contribution in [1.29, 1.82) is 0 Å². The first kappa shape index (κ1) is 28.3. The summed E-state index contributed by atoms with van der Waals surface area (Å²) in [5.74, 6) is -3.14. The fraction of sp³-hybridized carbons (Fsp3) is 0.476. The van der Waals surface area contributed by atoms with Gasteiger partial charge in [0.05, 0.1) is 36.8 Å². The van der Waals surface area contributed by atoms with Crippen molar-refractivity contribution in [3.63, 3.8) is 0 Å². The first-order valence-corrected chi connectivity index (χ1v) is 13.5. The van der Waals surface area contributed by atoms with Gasteiger partial charge in [-0.2, -0.15) is 9.29 Å². The molecule has 5 heterocycles. The minimum Gasteiger partial charge on any atom is -0.382 e. The Morgan fingerprint density at radius 3 is 2.59 bits per heavy atom. The number of nitrogen functional groups attached to an aromatic ring is 1. The van der Waals surface area contributed by atoms with Crippen LogP contribution >= 0.6 is 0 Å². The molecule has 4 aromatic heterocycles. The van der Waals surface area contributed by atoms with Crippen LogP contribution in [0, 0.1) is 5.82 Å². The van der Waals surface area contributed by atoms with Crippen LogP contribution in [0.25, 0.3) is 27.9 Å². The van der Waals surface area contributed by atoms with Gasteiger partial charge in [0.25, 0.3) is 5.92 Å². The summed E-state index contributed by atoms with van der Waals surface area (Å²) in [5, 5.41) is 14.6. The highest BCUT2D eigenvalue weighted by atomic mass is 32.2. The average molecular weight is 577 g/mol. The second kappa shape index (κ2) is 10.8. The summed E-state index contributed by atoms with van der Waals surface area (Å²) in [6.07, 6.45) is -0.713. The van der Waals surface area contributed by atoms with E-state index in [9.17, 15) is 30.4 Å². The van der Waals surface area contributed by atoms with E-state index in [2.05, 4.69) is 30.7 Å². The van der Waals surface area contributed by atoms with Crippen molar-refractivity contribution >= 4 is 38.5 Å². The summed E-state index contributed by atoms with van der Waals surface area (Å²) in [6, 6.07) is 3.14. The topological polar surface area (TPSA) is 149 Å². The zero-order chi connectivity index (χ0) is 28.5. The van der Waals surface area contributed by atoms with Crippen molar-refractivity contribution in [2.24, 2.45) is 0 Å². The summed E-state index contributed by atoms with van der Waals surface area (Å²) in [6.45, 7) is -0.499. The lowest BCUT2D eigenvalue weighted by Gasteiger charge is -2.30. The number of alkyl halides is 4. The fourth-order valence-corrected chi connectivity index (χ4v) is 4.89. The monoisotopic (exact) mass is 576 g/mol. The lowest BCUT2D eigenvalue weighted by molar-refractivity contribution is -0.0432. The molecule has 0 atom stereocenters. The molecule has 1 fully saturated rings. The number of nitrogens with zero attached hydrogens (tertiary/aromatic N) is 8. The summed E-state index contributed by atoms with van der Waals surface area (Å²) in [5.41, 5.74) is 7.27. The standard InChI is InChI=1S/C15H14F3N9.C6H11F2NO2S/c1-20-15-22-13(19)12-11(7(16)6-27(12)24-15)8-2-3-9-14(21-8)26(25-23-9)5-4-10(17)18;1-12(10,11)9-4-2-3-6(7,8)5-9/h2-3,6,10H,4-5H2,1H3,(H3,19,20,22,24);2-5H2,1H3. The highest BCUT2D eigenvalue weighted by Crippen LogP contribution is 2.32. The zero-order valence-electron chi connectivity index (χ0n) is 20.8. The van der Waals surface area contributed by atoms with Crippen LogP contribution in [0.1, 0.15) is 19.3 Å². The number of piperidine rings is 1. The number of sulfonamides is 1. The number of rotatable bonds is 6. The molecule has 5 rings (SSSR count). The van der Waals surface area contributed by atoms with E-state index in [-0.39, 0.29) is 66.5 Å². The largest absolute Gasteiger partial charge is 0.382 e. The third kappa shape index (κ3) is 6.32. The van der Waals surface area contributed by atoms with Gasteiger partial charge in [-0.3, -0.25) is 0 Å². The van der Waals surface area contributed by atoms with E-state index in [1.54, 1.807) is 19.2 Å². The predicted octanol–water partition coefficient (Wildman–Crippen LogP) is 2.63. The van der Waals surface area contributed by atoms with Crippen molar-refractivity contribution in [2.75, 3.05) is 37.4 Å². The predicted molar refractivity (Wildman–Crippen MR) is 132 cm³/mol. The number of pyridine rings is 1. The van der Waals surface area contributed by atoms with E-state index >= 15 is 0 Å². The van der Waals surface area contributed by atoms with Gasteiger partial charge in [-0.1, -0.05) is 5.21 Å². The number of aromatic nitrogens is 7. The van der Waals surface area contributed by atoms with Crippen LogP contribution in [0.15, 0.2) is 18.3 Å². The van der Waals surface area contributed by atoms with E-state index in [1.807, 2.05) is 0 Å². The van der Waals surface area contributed by atoms with Gasteiger partial charge in [0.1, 0.15) is 11.0 Å². The van der Waals surface area contributed by atoms with Gasteiger partial charge in [-0.15, -0.1) is 10.2 Å². The van der Waals surface area contributed by atoms with Crippen LogP contribution in [0.2, 0.25) is 0 Å². The van der Waals surface area contributed by atoms with Gasteiger partial charge in [0, 0.05) is 26.4 Å². The summed E-state index contributed by atoms with van der Waals surface area (Å²) in [4.78, 5) is 8.43. The van der Waals surface area contributed by atoms with Crippen LogP contribution in [0.5, 0.6) is 0 Å². The molecule has 1 aliphatic heterocycles. The molecule has 0 amide bonds. The van der Waals surface area contributed by atoms with Crippen LogP contribution in [-0.4, -0.2) is 86.0 Å². The molecule has 0 spiro atoms. The second-order valence-corrected chi connectivity index (χ2v) is 10.8. The Morgan fingerprint density at radius 2 is 1.97 bits per heavy atom. The Morgan fingerprint density at radius 1 is 1.23 bits per heavy atom. The van der Waals surface area contributed by atoms with Gasteiger partial charge in [0.15, 0.2) is 17.3 Å². The van der Waals surface area contributed by atoms with Crippen LogP contribution in [-0.2, 0) is 16.6 Å². The number of hydrogen-bond donors (Lipinski definition) is 2. The van der Waals surface area contributed by atoms with Gasteiger partial charge in [-0.05, 0) is 18.6 Å². The Kier molecular flexibility index (Phi) is 7.87. The Balaban J connectivity index is 0.000000247. The quantitative estimate of drug-likeness (QED) is 0.330. The molecule has 1 aliphatic rings. The molecule has 3 N–H and O–H groups in total. The fourth-order valence-electron chi connectivity index (χ4n) is 4.01. The average Bonchev–Trinajstić information content (AvgIpc) is 3.41. The van der Waals surface area contributed by atoms with Crippen LogP contribution in [0.4, 0.5) is 33.7 Å². The molecule has 1 saturated heterocycles. The van der Waals surface area contributed by atoms with Crippen molar-refractivity contribution < 1.29 is 30.4 Å². The number of halogens is 5. The number of hydrogen-bond acceptors (Lipinski definition) is 9. The van der Waals surface area contributed by atoms with Gasteiger partial charge in [0.2, 0.25) is 22.4 Å². The third-order valence-corrected chi connectivity index (χ3v) is 7.09. The molecule has 0 unspecified atom stereocenters. The van der Waals surface area contributed by atoms with Crippen molar-refractivity contribution in [2.45, 2.75) is 38.2 Å². The number of fused-ring (bicyclic) bond motifs is 2. The molecular weight excluding hydrogens is 551 g/mol. The molecular formula is C21H25F5N10O2S. The molecule has 0 aromatic carbocycles. The Hall–Kier alpha value is -3.67. The Bertz CT molecular complexity index is 1590. The van der Waals surface area contributed by atoms with E-state index in [0.717, 1.165) is 10.6 Å². The van der Waals surface area contributed by atoms with Crippen molar-refractivity contribution in [1.82, 2.24) is 38.9 Å². The highest BCUT2D eigenvalue weighted by molar-refractivity contribution is 7.88. The van der Waals surface area contributed by atoms with Crippen molar-refractivity contribution in [3.8, 4) is 11.3 Å². The van der Waals surface area contributed by atoms with Crippen LogP contribution in [0.3, 0.4) is 0 Å². The first-order chi connectivity index (χ1) is 18.3. The SMILES string of the molecule is CNc1nc(N)c2c(-c3ccc4nnn(CCC(F)F)c4n3)c(F)cn2n1.CS(=O)(=O)N1CCCC(F)(F)C1. The molecule has 4 aromatic rings. The molecule has 39 heavy (non-hydrogen) atoms. The number of anilines is 2. The first-order valence-electron chi connectivity index (χ1n) is 11.6.